The Bertz CT molecular complexity index is 713. The molecular weight excluding hydrogens is 317 g/mol. The molecule has 0 aliphatic heterocycles. The molecule has 0 radical (unpaired) electrons. The van der Waals surface area contributed by atoms with Gasteiger partial charge in [-0.05, 0) is 17.7 Å². The fourth-order valence-corrected chi connectivity index (χ4v) is 1.73. The lowest BCUT2D eigenvalue weighted by atomic mass is 10.2. The molecule has 3 nitrogen and oxygen atoms in total. The van der Waals surface area contributed by atoms with Gasteiger partial charge in [-0.3, -0.25) is 5.43 Å². The zero-order valence-electron chi connectivity index (χ0n) is 12.2. The van der Waals surface area contributed by atoms with Crippen LogP contribution in [0.4, 0.5) is 33.3 Å². The van der Waals surface area contributed by atoms with Gasteiger partial charge in [0.15, 0.2) is 23.3 Å². The van der Waals surface area contributed by atoms with Gasteiger partial charge in [0.1, 0.15) is 5.69 Å². The largest absolute Gasteiger partial charge is 0.378 e. The van der Waals surface area contributed by atoms with Crippen LogP contribution in [0, 0.1) is 29.1 Å². The van der Waals surface area contributed by atoms with Gasteiger partial charge in [-0.1, -0.05) is 12.1 Å². The second kappa shape index (κ2) is 6.64. The van der Waals surface area contributed by atoms with E-state index in [2.05, 4.69) is 5.10 Å². The van der Waals surface area contributed by atoms with Crippen LogP contribution in [0.3, 0.4) is 0 Å². The van der Waals surface area contributed by atoms with Crippen molar-refractivity contribution in [2.45, 2.75) is 0 Å². The average molecular weight is 329 g/mol. The molecule has 0 heterocycles. The molecule has 2 aromatic rings. The molecular formula is C15H12F5N3. The molecule has 23 heavy (non-hydrogen) atoms. The number of halogens is 5. The third kappa shape index (κ3) is 3.41. The smallest absolute Gasteiger partial charge is 0.200 e. The van der Waals surface area contributed by atoms with Gasteiger partial charge in [0.25, 0.3) is 0 Å². The van der Waals surface area contributed by atoms with Crippen molar-refractivity contribution in [2.24, 2.45) is 5.10 Å². The monoisotopic (exact) mass is 329 g/mol. The highest BCUT2D eigenvalue weighted by Crippen LogP contribution is 2.27. The molecule has 0 saturated carbocycles. The molecule has 0 atom stereocenters. The summed E-state index contributed by atoms with van der Waals surface area (Å²) in [5.74, 6) is -10.2. The first kappa shape index (κ1) is 16.7. The quantitative estimate of drug-likeness (QED) is 0.303. The minimum absolute atomic E-state index is 0.576. The second-order valence-corrected chi connectivity index (χ2v) is 4.80. The third-order valence-electron chi connectivity index (χ3n) is 3.01. The summed E-state index contributed by atoms with van der Waals surface area (Å²) in [6, 6.07) is 6.91. The summed E-state index contributed by atoms with van der Waals surface area (Å²) in [6.07, 6.45) is 1.19. The van der Waals surface area contributed by atoms with Crippen molar-refractivity contribution in [2.75, 3.05) is 24.4 Å². The summed E-state index contributed by atoms with van der Waals surface area (Å²) in [7, 11) is 3.71. The highest BCUT2D eigenvalue weighted by molar-refractivity contribution is 5.81. The van der Waals surface area contributed by atoms with E-state index in [0.29, 0.717) is 5.56 Å². The van der Waals surface area contributed by atoms with Crippen LogP contribution < -0.4 is 10.3 Å². The Kier molecular flexibility index (Phi) is 4.83. The molecule has 0 aromatic heterocycles. The summed E-state index contributed by atoms with van der Waals surface area (Å²) in [5.41, 5.74) is 2.13. The van der Waals surface area contributed by atoms with E-state index in [1.54, 1.807) is 24.3 Å². The molecule has 0 amide bonds. The van der Waals surface area contributed by atoms with E-state index in [1.165, 1.54) is 6.21 Å². The number of rotatable bonds is 4. The summed E-state index contributed by atoms with van der Waals surface area (Å²) in [6.45, 7) is 0. The number of hydrogen-bond donors (Lipinski definition) is 1. The second-order valence-electron chi connectivity index (χ2n) is 4.80. The molecule has 0 spiro atoms. The van der Waals surface area contributed by atoms with Gasteiger partial charge >= 0.3 is 0 Å². The number of nitrogens with zero attached hydrogens (tertiary/aromatic N) is 2. The van der Waals surface area contributed by atoms with Crippen LogP contribution in [0.25, 0.3) is 0 Å². The first-order valence-electron chi connectivity index (χ1n) is 6.40. The Hall–Kier alpha value is -2.64. The molecule has 0 aliphatic rings. The molecule has 122 valence electrons. The zero-order chi connectivity index (χ0) is 17.1. The van der Waals surface area contributed by atoms with Gasteiger partial charge < -0.3 is 4.90 Å². The van der Waals surface area contributed by atoms with E-state index in [4.69, 9.17) is 0 Å². The molecule has 8 heteroatoms. The van der Waals surface area contributed by atoms with Gasteiger partial charge in [0, 0.05) is 19.8 Å². The van der Waals surface area contributed by atoms with Gasteiger partial charge in [-0.25, -0.2) is 22.0 Å². The molecule has 0 bridgehead atoms. The van der Waals surface area contributed by atoms with E-state index >= 15 is 0 Å². The van der Waals surface area contributed by atoms with Crippen molar-refractivity contribution in [3.05, 3.63) is 58.9 Å². The van der Waals surface area contributed by atoms with Crippen LogP contribution in [0.5, 0.6) is 0 Å². The van der Waals surface area contributed by atoms with Crippen LogP contribution in [0.15, 0.2) is 29.4 Å². The zero-order valence-corrected chi connectivity index (χ0v) is 12.2. The molecule has 0 saturated heterocycles. The lowest BCUT2D eigenvalue weighted by Gasteiger charge is -2.11. The lowest BCUT2D eigenvalue weighted by molar-refractivity contribution is 0.381. The molecule has 1 N–H and O–H groups in total. The van der Waals surface area contributed by atoms with Gasteiger partial charge in [0.2, 0.25) is 5.82 Å². The molecule has 0 aliphatic carbocycles. The summed E-state index contributed by atoms with van der Waals surface area (Å²) in [4.78, 5) is 1.87. The Morgan fingerprint density at radius 2 is 1.30 bits per heavy atom. The first-order chi connectivity index (χ1) is 10.8. The molecule has 0 unspecified atom stereocenters. The van der Waals surface area contributed by atoms with E-state index in [-0.39, 0.29) is 0 Å². The van der Waals surface area contributed by atoms with Crippen molar-refractivity contribution in [1.29, 1.82) is 0 Å². The SMILES string of the molecule is CN(C)c1ccc(/C=N/Nc2c(F)c(F)c(F)c(F)c2F)cc1. The van der Waals surface area contributed by atoms with Crippen molar-refractivity contribution in [1.82, 2.24) is 0 Å². The lowest BCUT2D eigenvalue weighted by Crippen LogP contribution is -2.08. The molecule has 2 aromatic carbocycles. The van der Waals surface area contributed by atoms with E-state index in [9.17, 15) is 22.0 Å². The number of benzene rings is 2. The van der Waals surface area contributed by atoms with Crippen LogP contribution >= 0.6 is 0 Å². The van der Waals surface area contributed by atoms with Crippen molar-refractivity contribution < 1.29 is 22.0 Å². The standard InChI is InChI=1S/C15H12F5N3/c1-23(2)9-5-3-8(4-6-9)7-21-22-15-13(19)11(17)10(16)12(18)14(15)20/h3-7,22H,1-2H3/b21-7+. The molecule has 0 fully saturated rings. The number of anilines is 2. The van der Waals surface area contributed by atoms with Gasteiger partial charge in [-0.2, -0.15) is 5.10 Å². The maximum atomic E-state index is 13.4. The van der Waals surface area contributed by atoms with Crippen LogP contribution in [-0.4, -0.2) is 20.3 Å². The summed E-state index contributed by atoms with van der Waals surface area (Å²) < 4.78 is 65.7. The summed E-state index contributed by atoms with van der Waals surface area (Å²) in [5, 5.41) is 3.50. The molecule has 2 rings (SSSR count). The summed E-state index contributed by atoms with van der Waals surface area (Å²) >= 11 is 0. The topological polar surface area (TPSA) is 27.6 Å². The maximum Gasteiger partial charge on any atom is 0.200 e. The predicted molar refractivity (Wildman–Crippen MR) is 78.2 cm³/mol. The van der Waals surface area contributed by atoms with Gasteiger partial charge in [-0.15, -0.1) is 0 Å². The maximum absolute atomic E-state index is 13.4. The Morgan fingerprint density at radius 3 is 1.78 bits per heavy atom. The van der Waals surface area contributed by atoms with E-state index < -0.39 is 34.8 Å². The highest BCUT2D eigenvalue weighted by Gasteiger charge is 2.25. The Labute approximate surface area is 129 Å². The van der Waals surface area contributed by atoms with Crippen LogP contribution in [-0.2, 0) is 0 Å². The first-order valence-corrected chi connectivity index (χ1v) is 6.40. The fourth-order valence-electron chi connectivity index (χ4n) is 1.73. The minimum Gasteiger partial charge on any atom is -0.378 e. The predicted octanol–water partition coefficient (Wildman–Crippen LogP) is 3.89. The van der Waals surface area contributed by atoms with Crippen molar-refractivity contribution in [3.8, 4) is 0 Å². The Morgan fingerprint density at radius 1 is 0.826 bits per heavy atom. The highest BCUT2D eigenvalue weighted by atomic mass is 19.2. The minimum atomic E-state index is -2.21. The van der Waals surface area contributed by atoms with Gasteiger partial charge in [0.05, 0.1) is 6.21 Å². The van der Waals surface area contributed by atoms with Crippen molar-refractivity contribution >= 4 is 17.6 Å². The Balaban J connectivity index is 2.21. The fraction of sp³-hybridized carbons (Fsp3) is 0.133. The van der Waals surface area contributed by atoms with Crippen LogP contribution in [0.2, 0.25) is 0 Å². The number of nitrogens with one attached hydrogen (secondary N) is 1. The van der Waals surface area contributed by atoms with Crippen molar-refractivity contribution in [3.63, 3.8) is 0 Å². The van der Waals surface area contributed by atoms with E-state index in [1.807, 2.05) is 24.4 Å². The number of hydrogen-bond acceptors (Lipinski definition) is 3. The van der Waals surface area contributed by atoms with Crippen LogP contribution in [0.1, 0.15) is 5.56 Å². The number of hydrazone groups is 1. The van der Waals surface area contributed by atoms with E-state index in [0.717, 1.165) is 5.69 Å². The average Bonchev–Trinajstić information content (AvgIpc) is 2.54. The third-order valence-corrected chi connectivity index (χ3v) is 3.01. The normalized spacial score (nSPS) is 11.1.